The van der Waals surface area contributed by atoms with Gasteiger partial charge in [-0.3, -0.25) is 14.4 Å². The number of aliphatic hydroxyl groups excluding tert-OH is 1. The van der Waals surface area contributed by atoms with Crippen LogP contribution < -0.4 is 9.64 Å². The van der Waals surface area contributed by atoms with E-state index in [1.54, 1.807) is 33.7 Å². The summed E-state index contributed by atoms with van der Waals surface area (Å²) in [5.74, 6) is -1.04. The van der Waals surface area contributed by atoms with Gasteiger partial charge in [0.25, 0.3) is 0 Å². The molecule has 9 heteroatoms. The minimum atomic E-state index is -0.807. The van der Waals surface area contributed by atoms with Crippen molar-refractivity contribution >= 4 is 35.2 Å². The van der Waals surface area contributed by atoms with Gasteiger partial charge in [0.05, 0.1) is 35.8 Å². The third kappa shape index (κ3) is 6.56. The fourth-order valence-corrected chi connectivity index (χ4v) is 10.6. The number of carbonyl (C=O) groups is 3. The second-order valence-corrected chi connectivity index (χ2v) is 14.8. The Labute approximate surface area is 290 Å². The summed E-state index contributed by atoms with van der Waals surface area (Å²) in [6.07, 6.45) is 7.44. The second-order valence-electron chi connectivity index (χ2n) is 13.3. The van der Waals surface area contributed by atoms with E-state index in [1.165, 1.54) is 0 Å². The Kier molecular flexibility index (Phi) is 11.7. The number of hydrogen-bond donors (Lipinski definition) is 1. The van der Waals surface area contributed by atoms with Gasteiger partial charge >= 0.3 is 0 Å². The van der Waals surface area contributed by atoms with Crippen molar-refractivity contribution < 1.29 is 24.2 Å². The maximum Gasteiger partial charge on any atom is 0.247 e. The summed E-state index contributed by atoms with van der Waals surface area (Å²) < 4.78 is 4.83. The monoisotopic (exact) mass is 673 g/mol. The molecule has 2 aromatic rings. The first kappa shape index (κ1) is 35.7. The smallest absolute Gasteiger partial charge is 0.247 e. The zero-order valence-electron chi connectivity index (χ0n) is 28.6. The average Bonchev–Trinajstić information content (AvgIpc) is 3.69. The molecule has 3 heterocycles. The lowest BCUT2D eigenvalue weighted by molar-refractivity contribution is -0.145. The molecule has 0 radical (unpaired) electrons. The molecule has 2 bridgehead atoms. The zero-order chi connectivity index (χ0) is 34.4. The number of likely N-dealkylation sites (tertiary alicyclic amines) is 1. The number of benzene rings is 2. The Morgan fingerprint density at radius 2 is 1.77 bits per heavy atom. The lowest BCUT2D eigenvalue weighted by Crippen LogP contribution is -2.59. The van der Waals surface area contributed by atoms with Gasteiger partial charge in [-0.15, -0.1) is 24.9 Å². The van der Waals surface area contributed by atoms with E-state index in [4.69, 9.17) is 4.74 Å². The van der Waals surface area contributed by atoms with E-state index in [-0.39, 0.29) is 42.0 Å². The zero-order valence-corrected chi connectivity index (χ0v) is 29.4. The van der Waals surface area contributed by atoms with E-state index >= 15 is 4.79 Å². The largest absolute Gasteiger partial charge is 0.494 e. The highest BCUT2D eigenvalue weighted by Crippen LogP contribution is 2.69. The topological polar surface area (TPSA) is 90.4 Å². The van der Waals surface area contributed by atoms with Crippen molar-refractivity contribution in [3.63, 3.8) is 0 Å². The van der Waals surface area contributed by atoms with Gasteiger partial charge in [-0.1, -0.05) is 69.2 Å². The lowest BCUT2D eigenvalue weighted by atomic mass is 9.65. The number of hydrogen-bond acceptors (Lipinski definition) is 6. The molecule has 3 fully saturated rings. The molecule has 2 aromatic carbocycles. The maximum absolute atomic E-state index is 15.0. The molecule has 0 saturated carbocycles. The van der Waals surface area contributed by atoms with Crippen molar-refractivity contribution in [2.45, 2.75) is 75.0 Å². The number of nitrogens with zero attached hydrogens (tertiary/aromatic N) is 3. The Balaban J connectivity index is 1.58. The van der Waals surface area contributed by atoms with Gasteiger partial charge in [-0.2, -0.15) is 0 Å². The van der Waals surface area contributed by atoms with Gasteiger partial charge in [0.15, 0.2) is 0 Å². The molecule has 3 aliphatic rings. The molecular weight excluding hydrogens is 623 g/mol. The van der Waals surface area contributed by atoms with Crippen LogP contribution in [0.2, 0.25) is 0 Å². The van der Waals surface area contributed by atoms with Crippen LogP contribution in [0.25, 0.3) is 0 Å². The molecule has 3 unspecified atom stereocenters. The molecule has 3 amide bonds. The van der Waals surface area contributed by atoms with Crippen LogP contribution in [0.4, 0.5) is 5.69 Å². The van der Waals surface area contributed by atoms with E-state index in [1.807, 2.05) is 66.4 Å². The van der Waals surface area contributed by atoms with Crippen molar-refractivity contribution in [2.75, 3.05) is 37.7 Å². The molecule has 5 rings (SSSR count). The Bertz CT molecular complexity index is 1450. The van der Waals surface area contributed by atoms with Gasteiger partial charge in [-0.25, -0.2) is 0 Å². The van der Waals surface area contributed by atoms with Crippen LogP contribution in [0.15, 0.2) is 79.9 Å². The Hall–Kier alpha value is -3.56. The molecule has 0 aromatic heterocycles. The highest BCUT2D eigenvalue weighted by molar-refractivity contribution is 8.02. The highest BCUT2D eigenvalue weighted by atomic mass is 32.2. The first-order valence-electron chi connectivity index (χ1n) is 17.5. The summed E-state index contributed by atoms with van der Waals surface area (Å²) in [7, 11) is 0. The Morgan fingerprint density at radius 1 is 1.06 bits per heavy atom. The van der Waals surface area contributed by atoms with Gasteiger partial charge < -0.3 is 24.5 Å². The van der Waals surface area contributed by atoms with Crippen molar-refractivity contribution in [3.8, 4) is 5.75 Å². The number of ether oxygens (including phenoxy) is 1. The molecule has 48 heavy (non-hydrogen) atoms. The number of carbonyl (C=O) groups excluding carboxylic acids is 3. The van der Waals surface area contributed by atoms with Crippen LogP contribution in [0.5, 0.6) is 5.75 Å². The third-order valence-corrected chi connectivity index (χ3v) is 12.4. The molecular formula is C39H51N3O5S. The van der Waals surface area contributed by atoms with E-state index in [0.717, 1.165) is 37.0 Å². The van der Waals surface area contributed by atoms with Crippen molar-refractivity contribution in [1.82, 2.24) is 9.80 Å². The quantitative estimate of drug-likeness (QED) is 0.170. The predicted octanol–water partition coefficient (Wildman–Crippen LogP) is 5.75. The lowest BCUT2D eigenvalue weighted by Gasteiger charge is -2.42. The summed E-state index contributed by atoms with van der Waals surface area (Å²) in [6, 6.07) is 15.8. The van der Waals surface area contributed by atoms with Gasteiger partial charge in [-0.05, 0) is 61.9 Å². The van der Waals surface area contributed by atoms with E-state index in [2.05, 4.69) is 27.0 Å². The first-order chi connectivity index (χ1) is 23.3. The highest BCUT2D eigenvalue weighted by Gasteiger charge is 2.77. The van der Waals surface area contributed by atoms with Crippen LogP contribution in [0.3, 0.4) is 0 Å². The normalized spacial score (nSPS) is 26.2. The molecule has 258 valence electrons. The fourth-order valence-electron chi connectivity index (χ4n) is 8.24. The van der Waals surface area contributed by atoms with Crippen molar-refractivity contribution in [3.05, 3.63) is 85.5 Å². The van der Waals surface area contributed by atoms with E-state index in [9.17, 15) is 14.7 Å². The molecule has 3 aliphatic heterocycles. The molecule has 1 N–H and O–H groups in total. The second kappa shape index (κ2) is 15.8. The van der Waals surface area contributed by atoms with Crippen LogP contribution in [-0.4, -0.2) is 87.6 Å². The number of rotatable bonds is 17. The van der Waals surface area contributed by atoms with Crippen molar-refractivity contribution in [2.24, 2.45) is 17.8 Å². The first-order valence-corrected chi connectivity index (χ1v) is 18.3. The summed E-state index contributed by atoms with van der Waals surface area (Å²) in [6.45, 7) is 15.5. The van der Waals surface area contributed by atoms with Crippen LogP contribution in [0.1, 0.15) is 52.0 Å². The van der Waals surface area contributed by atoms with Crippen LogP contribution in [0, 0.1) is 17.8 Å². The predicted molar refractivity (Wildman–Crippen MR) is 193 cm³/mol. The number of aliphatic hydroxyl groups is 1. The van der Waals surface area contributed by atoms with Crippen molar-refractivity contribution in [1.29, 1.82) is 0 Å². The van der Waals surface area contributed by atoms with Gasteiger partial charge in [0.1, 0.15) is 11.8 Å². The maximum atomic E-state index is 15.0. The number of thioether (sulfide) groups is 1. The summed E-state index contributed by atoms with van der Waals surface area (Å²) >= 11 is 1.66. The molecule has 0 aliphatic carbocycles. The average molecular weight is 674 g/mol. The van der Waals surface area contributed by atoms with Crippen LogP contribution >= 0.6 is 11.8 Å². The summed E-state index contributed by atoms with van der Waals surface area (Å²) in [4.78, 5) is 49.9. The molecule has 1 spiro atoms. The fraction of sp³-hybridized carbons (Fsp3) is 0.513. The van der Waals surface area contributed by atoms with E-state index in [0.29, 0.717) is 31.8 Å². The Morgan fingerprint density at radius 3 is 2.40 bits per heavy atom. The van der Waals surface area contributed by atoms with Crippen LogP contribution in [-0.2, 0) is 20.8 Å². The molecule has 3 saturated heterocycles. The number of fused-ring (bicyclic) bond motifs is 1. The standard InChI is InChI=1S/C39H51N3O5S/c1-6-10-14-23-40(21-7-2)38(46)35-39-27(5)24-32(48-39)33(36(44)41(22-8-3)29-17-19-31(20-18-29)47-9-4)34(39)37(45)42(35)30(26-43)25-28-15-12-11-13-16-28/h7-8,11-13,15-20,27,30,32-35,43H,2-3,6,9-10,14,21-26H2,1,4-5H3/t27?,30-,32-,33+,34+,35?,39?/m1/s1. The number of anilines is 1. The summed E-state index contributed by atoms with van der Waals surface area (Å²) in [5.41, 5.74) is 1.68. The van der Waals surface area contributed by atoms with Gasteiger partial charge in [0.2, 0.25) is 17.7 Å². The SMILES string of the molecule is C=CCN(CCCCC)C(=O)C1N([C@@H](CO)Cc2ccccc2)C(=O)[C@@H]2[C@@H](C(=O)N(CC=C)c3ccc(OCC)cc3)[C@H]3CC(C)C12S3. The number of amides is 3. The molecule has 8 nitrogen and oxygen atoms in total. The van der Waals surface area contributed by atoms with E-state index < -0.39 is 28.7 Å². The third-order valence-electron chi connectivity index (χ3n) is 10.4. The minimum Gasteiger partial charge on any atom is -0.494 e. The van der Waals surface area contributed by atoms with Gasteiger partial charge in [0, 0.05) is 30.6 Å². The molecule has 7 atom stereocenters. The number of unbranched alkanes of at least 4 members (excludes halogenated alkanes) is 2. The minimum absolute atomic E-state index is 0.0140. The summed E-state index contributed by atoms with van der Waals surface area (Å²) in [5, 5.41) is 10.8.